The van der Waals surface area contributed by atoms with Crippen molar-refractivity contribution in [2.45, 2.75) is 25.8 Å². The summed E-state index contributed by atoms with van der Waals surface area (Å²) in [6, 6.07) is 4.75. The second-order valence-corrected chi connectivity index (χ2v) is 5.59. The maximum absolute atomic E-state index is 13.7. The van der Waals surface area contributed by atoms with E-state index >= 15 is 0 Å². The summed E-state index contributed by atoms with van der Waals surface area (Å²) in [5.41, 5.74) is 5.87. The average molecular weight is 285 g/mol. The number of likely N-dealkylation sites (tertiary alicyclic amines) is 1. The van der Waals surface area contributed by atoms with E-state index in [9.17, 15) is 9.18 Å². The van der Waals surface area contributed by atoms with Gasteiger partial charge in [0, 0.05) is 30.1 Å². The molecule has 0 saturated carbocycles. The summed E-state index contributed by atoms with van der Waals surface area (Å²) in [6.45, 7) is 2.28. The molecule has 0 unspecified atom stereocenters. The molecule has 3 nitrogen and oxygen atoms in total. The van der Waals surface area contributed by atoms with Crippen LogP contribution in [0.15, 0.2) is 18.2 Å². The molecule has 0 aliphatic carbocycles. The Morgan fingerprint density at radius 3 is 3.00 bits per heavy atom. The van der Waals surface area contributed by atoms with Gasteiger partial charge in [-0.05, 0) is 37.4 Å². The first kappa shape index (κ1) is 14.3. The highest BCUT2D eigenvalue weighted by molar-refractivity contribution is 6.30. The van der Waals surface area contributed by atoms with E-state index in [2.05, 4.69) is 4.90 Å². The van der Waals surface area contributed by atoms with Gasteiger partial charge in [-0.2, -0.15) is 0 Å². The summed E-state index contributed by atoms with van der Waals surface area (Å²) in [7, 11) is 0. The van der Waals surface area contributed by atoms with Crippen LogP contribution in [0.1, 0.15) is 24.8 Å². The van der Waals surface area contributed by atoms with Crippen LogP contribution < -0.4 is 5.73 Å². The number of hydrogen-bond acceptors (Lipinski definition) is 2. The standard InChI is InChI=1S/C14H18ClFN2O/c15-12-4-3-11(13(16)7-12)9-18-5-1-2-10(8-18)6-14(17)19/h3-4,7,10H,1-2,5-6,8-9H2,(H2,17,19)/t10-/m0/s1. The monoisotopic (exact) mass is 284 g/mol. The van der Waals surface area contributed by atoms with Crippen LogP contribution in [0.25, 0.3) is 0 Å². The van der Waals surface area contributed by atoms with Gasteiger partial charge >= 0.3 is 0 Å². The lowest BCUT2D eigenvalue weighted by Gasteiger charge is -2.32. The van der Waals surface area contributed by atoms with Crippen molar-refractivity contribution in [1.29, 1.82) is 0 Å². The lowest BCUT2D eigenvalue weighted by Crippen LogP contribution is -2.36. The predicted octanol–water partition coefficient (Wildman–Crippen LogP) is 2.57. The summed E-state index contributed by atoms with van der Waals surface area (Å²) < 4.78 is 13.7. The Balaban J connectivity index is 1.96. The molecule has 5 heteroatoms. The number of primary amides is 1. The summed E-state index contributed by atoms with van der Waals surface area (Å²) in [4.78, 5) is 13.1. The van der Waals surface area contributed by atoms with Crippen LogP contribution >= 0.6 is 11.6 Å². The Morgan fingerprint density at radius 2 is 2.32 bits per heavy atom. The second-order valence-electron chi connectivity index (χ2n) is 5.15. The van der Waals surface area contributed by atoms with Crippen molar-refractivity contribution in [2.75, 3.05) is 13.1 Å². The van der Waals surface area contributed by atoms with E-state index in [-0.39, 0.29) is 11.7 Å². The minimum absolute atomic E-state index is 0.260. The molecule has 1 aliphatic heterocycles. The molecule has 0 spiro atoms. The highest BCUT2D eigenvalue weighted by Crippen LogP contribution is 2.22. The number of hydrogen-bond donors (Lipinski definition) is 1. The van der Waals surface area contributed by atoms with Crippen molar-refractivity contribution in [3.05, 3.63) is 34.6 Å². The normalized spacial score (nSPS) is 20.4. The summed E-state index contributed by atoms with van der Waals surface area (Å²) in [6.07, 6.45) is 2.45. The van der Waals surface area contributed by atoms with Gasteiger partial charge in [0.25, 0.3) is 0 Å². The molecule has 1 fully saturated rings. The average Bonchev–Trinajstić information content (AvgIpc) is 2.32. The highest BCUT2D eigenvalue weighted by atomic mass is 35.5. The molecule has 1 heterocycles. The molecule has 0 radical (unpaired) electrons. The fraction of sp³-hybridized carbons (Fsp3) is 0.500. The number of nitrogens with zero attached hydrogens (tertiary/aromatic N) is 1. The molecule has 1 amide bonds. The minimum Gasteiger partial charge on any atom is -0.370 e. The van der Waals surface area contributed by atoms with E-state index in [4.69, 9.17) is 17.3 Å². The number of benzene rings is 1. The number of carbonyl (C=O) groups is 1. The van der Waals surface area contributed by atoms with Gasteiger partial charge in [0.15, 0.2) is 0 Å². The van der Waals surface area contributed by atoms with Crippen LogP contribution in [0.3, 0.4) is 0 Å². The highest BCUT2D eigenvalue weighted by Gasteiger charge is 2.22. The van der Waals surface area contributed by atoms with Crippen molar-refractivity contribution in [3.8, 4) is 0 Å². The molecule has 1 aromatic rings. The first-order valence-electron chi connectivity index (χ1n) is 6.49. The zero-order valence-corrected chi connectivity index (χ0v) is 11.5. The Labute approximate surface area is 117 Å². The molecule has 0 bridgehead atoms. The molecule has 19 heavy (non-hydrogen) atoms. The molecule has 1 aromatic carbocycles. The molecule has 2 rings (SSSR count). The Morgan fingerprint density at radius 1 is 1.53 bits per heavy atom. The van der Waals surface area contributed by atoms with E-state index in [1.54, 1.807) is 12.1 Å². The van der Waals surface area contributed by atoms with E-state index in [0.29, 0.717) is 29.5 Å². The summed E-state index contributed by atoms with van der Waals surface area (Å²) in [5, 5.41) is 0.409. The largest absolute Gasteiger partial charge is 0.370 e. The first-order chi connectivity index (χ1) is 9.04. The van der Waals surface area contributed by atoms with Gasteiger partial charge < -0.3 is 5.73 Å². The van der Waals surface area contributed by atoms with Gasteiger partial charge in [-0.1, -0.05) is 17.7 Å². The van der Waals surface area contributed by atoms with Crippen molar-refractivity contribution >= 4 is 17.5 Å². The van der Waals surface area contributed by atoms with Crippen LogP contribution in [0.5, 0.6) is 0 Å². The van der Waals surface area contributed by atoms with Gasteiger partial charge in [-0.15, -0.1) is 0 Å². The lowest BCUT2D eigenvalue weighted by atomic mass is 9.94. The topological polar surface area (TPSA) is 46.3 Å². The lowest BCUT2D eigenvalue weighted by molar-refractivity contribution is -0.119. The predicted molar refractivity (Wildman–Crippen MR) is 73.2 cm³/mol. The molecule has 1 aliphatic rings. The third kappa shape index (κ3) is 4.18. The molecular weight excluding hydrogens is 267 g/mol. The number of piperidine rings is 1. The third-order valence-corrected chi connectivity index (χ3v) is 3.74. The van der Waals surface area contributed by atoms with Crippen LogP contribution in [0, 0.1) is 11.7 Å². The number of halogens is 2. The zero-order valence-electron chi connectivity index (χ0n) is 10.7. The Bertz CT molecular complexity index is 467. The van der Waals surface area contributed by atoms with Gasteiger partial charge in [0.1, 0.15) is 5.82 Å². The SMILES string of the molecule is NC(=O)C[C@@H]1CCCN(Cc2ccc(Cl)cc2F)C1. The molecule has 1 saturated heterocycles. The second kappa shape index (κ2) is 6.35. The number of nitrogens with two attached hydrogens (primary N) is 1. The van der Waals surface area contributed by atoms with E-state index < -0.39 is 0 Å². The van der Waals surface area contributed by atoms with Crippen LogP contribution in [0.2, 0.25) is 5.02 Å². The minimum atomic E-state index is -0.274. The van der Waals surface area contributed by atoms with Gasteiger partial charge in [-0.3, -0.25) is 9.69 Å². The van der Waals surface area contributed by atoms with Gasteiger partial charge in [-0.25, -0.2) is 4.39 Å². The molecule has 0 aromatic heterocycles. The zero-order chi connectivity index (χ0) is 13.8. The van der Waals surface area contributed by atoms with Crippen molar-refractivity contribution in [1.82, 2.24) is 4.90 Å². The smallest absolute Gasteiger partial charge is 0.217 e. The van der Waals surface area contributed by atoms with Crippen LogP contribution in [-0.2, 0) is 11.3 Å². The summed E-state index contributed by atoms with van der Waals surface area (Å²) in [5.74, 6) is -0.240. The molecule has 104 valence electrons. The van der Waals surface area contributed by atoms with E-state index in [0.717, 1.165) is 25.9 Å². The number of amides is 1. The van der Waals surface area contributed by atoms with Gasteiger partial charge in [0.05, 0.1) is 0 Å². The maximum atomic E-state index is 13.7. The summed E-state index contributed by atoms with van der Waals surface area (Å²) >= 11 is 5.74. The van der Waals surface area contributed by atoms with Crippen molar-refractivity contribution in [2.24, 2.45) is 11.7 Å². The van der Waals surface area contributed by atoms with Crippen LogP contribution in [-0.4, -0.2) is 23.9 Å². The van der Waals surface area contributed by atoms with E-state index in [1.807, 2.05) is 0 Å². The van der Waals surface area contributed by atoms with Crippen molar-refractivity contribution in [3.63, 3.8) is 0 Å². The quantitative estimate of drug-likeness (QED) is 0.924. The first-order valence-corrected chi connectivity index (χ1v) is 6.87. The number of carbonyl (C=O) groups excluding carboxylic acids is 1. The van der Waals surface area contributed by atoms with Crippen molar-refractivity contribution < 1.29 is 9.18 Å². The Kier molecular flexibility index (Phi) is 4.77. The Hall–Kier alpha value is -1.13. The molecular formula is C14H18ClFN2O. The molecule has 1 atom stereocenters. The van der Waals surface area contributed by atoms with Gasteiger partial charge in [0.2, 0.25) is 5.91 Å². The fourth-order valence-electron chi connectivity index (χ4n) is 2.64. The molecule has 2 N–H and O–H groups in total. The van der Waals surface area contributed by atoms with E-state index in [1.165, 1.54) is 6.07 Å². The number of rotatable bonds is 4. The van der Waals surface area contributed by atoms with Crippen LogP contribution in [0.4, 0.5) is 4.39 Å². The third-order valence-electron chi connectivity index (χ3n) is 3.50. The maximum Gasteiger partial charge on any atom is 0.217 e. The fourth-order valence-corrected chi connectivity index (χ4v) is 2.80.